The summed E-state index contributed by atoms with van der Waals surface area (Å²) in [4.78, 5) is 5.68. The maximum Gasteiger partial charge on any atom is 0.0992 e. The van der Waals surface area contributed by atoms with Gasteiger partial charge in [-0.2, -0.15) is 0 Å². The van der Waals surface area contributed by atoms with E-state index in [0.29, 0.717) is 6.10 Å². The van der Waals surface area contributed by atoms with Crippen molar-refractivity contribution in [2.24, 2.45) is 0 Å². The first-order valence-corrected chi connectivity index (χ1v) is 4.42. The van der Waals surface area contributed by atoms with Gasteiger partial charge >= 0.3 is 0 Å². The topological polar surface area (TPSA) is 24.5 Å². The predicted octanol–water partition coefficient (Wildman–Crippen LogP) is 0.665. The Bertz CT molecular complexity index is 195. The number of allylic oxidation sites excluding steroid dienone is 2. The second kappa shape index (κ2) is 3.74. The second-order valence-electron chi connectivity index (χ2n) is 3.09. The zero-order valence-electron chi connectivity index (χ0n) is 7.07. The molecule has 1 fully saturated rings. The predicted molar refractivity (Wildman–Crippen MR) is 47.3 cm³/mol. The van der Waals surface area contributed by atoms with E-state index in [1.165, 1.54) is 0 Å². The molecule has 3 nitrogen and oxygen atoms in total. The van der Waals surface area contributed by atoms with Gasteiger partial charge in [0.05, 0.1) is 12.6 Å². The van der Waals surface area contributed by atoms with E-state index in [2.05, 4.69) is 11.4 Å². The number of rotatable bonds is 2. The van der Waals surface area contributed by atoms with Crippen LogP contribution in [-0.4, -0.2) is 30.8 Å². The first-order chi connectivity index (χ1) is 5.95. The molecule has 0 aliphatic carbocycles. The molecule has 0 spiro atoms. The highest BCUT2D eigenvalue weighted by molar-refractivity contribution is 5.06. The van der Waals surface area contributed by atoms with Gasteiger partial charge in [0.15, 0.2) is 0 Å². The summed E-state index contributed by atoms with van der Waals surface area (Å²) in [6, 6.07) is 0. The van der Waals surface area contributed by atoms with Crippen LogP contribution in [0.15, 0.2) is 24.4 Å². The van der Waals surface area contributed by atoms with Crippen molar-refractivity contribution >= 4 is 0 Å². The van der Waals surface area contributed by atoms with Crippen molar-refractivity contribution in [3.63, 3.8) is 0 Å². The van der Waals surface area contributed by atoms with E-state index in [-0.39, 0.29) is 0 Å². The molecule has 0 aromatic rings. The molecule has 0 saturated carbocycles. The fourth-order valence-corrected chi connectivity index (χ4v) is 1.44. The van der Waals surface area contributed by atoms with Gasteiger partial charge in [0.1, 0.15) is 0 Å². The number of nitrogens with zero attached hydrogens (tertiary/aromatic N) is 1. The number of hydroxylamine groups is 2. The fraction of sp³-hybridized carbons (Fsp3) is 0.556. The van der Waals surface area contributed by atoms with Crippen LogP contribution in [0.25, 0.3) is 0 Å². The fourth-order valence-electron chi connectivity index (χ4n) is 1.44. The van der Waals surface area contributed by atoms with Gasteiger partial charge < -0.3 is 5.32 Å². The Morgan fingerprint density at radius 2 is 2.42 bits per heavy atom. The van der Waals surface area contributed by atoms with Crippen LogP contribution in [-0.2, 0) is 4.84 Å². The van der Waals surface area contributed by atoms with Crippen LogP contribution in [0.2, 0.25) is 0 Å². The largest absolute Gasteiger partial charge is 0.314 e. The van der Waals surface area contributed by atoms with E-state index in [0.717, 1.165) is 26.1 Å². The van der Waals surface area contributed by atoms with E-state index >= 15 is 0 Å². The maximum atomic E-state index is 5.68. The average molecular weight is 166 g/mol. The van der Waals surface area contributed by atoms with Gasteiger partial charge in [-0.25, -0.2) is 0 Å². The summed E-state index contributed by atoms with van der Waals surface area (Å²) in [5, 5.41) is 5.15. The molecule has 0 bridgehead atoms. The lowest BCUT2D eigenvalue weighted by Gasteiger charge is -2.23. The Morgan fingerprint density at radius 3 is 3.08 bits per heavy atom. The third-order valence-electron chi connectivity index (χ3n) is 2.08. The van der Waals surface area contributed by atoms with Crippen molar-refractivity contribution in [1.29, 1.82) is 0 Å². The zero-order valence-corrected chi connectivity index (χ0v) is 7.07. The molecule has 0 amide bonds. The lowest BCUT2D eigenvalue weighted by molar-refractivity contribution is -0.151. The Morgan fingerprint density at radius 1 is 1.42 bits per heavy atom. The normalized spacial score (nSPS) is 28.3. The molecule has 66 valence electrons. The van der Waals surface area contributed by atoms with Gasteiger partial charge in [0.25, 0.3) is 0 Å². The van der Waals surface area contributed by atoms with Crippen molar-refractivity contribution in [3.05, 3.63) is 24.4 Å². The minimum Gasteiger partial charge on any atom is -0.314 e. The van der Waals surface area contributed by atoms with Crippen LogP contribution in [0.3, 0.4) is 0 Å². The van der Waals surface area contributed by atoms with Crippen LogP contribution in [0, 0.1) is 0 Å². The van der Waals surface area contributed by atoms with Crippen molar-refractivity contribution in [2.75, 3.05) is 19.6 Å². The Balaban J connectivity index is 1.78. The highest BCUT2D eigenvalue weighted by Gasteiger charge is 2.17. The van der Waals surface area contributed by atoms with Crippen LogP contribution in [0.5, 0.6) is 0 Å². The zero-order chi connectivity index (χ0) is 8.23. The van der Waals surface area contributed by atoms with Gasteiger partial charge in [-0.15, -0.1) is 0 Å². The van der Waals surface area contributed by atoms with E-state index < -0.39 is 0 Å². The molecule has 0 radical (unpaired) electrons. The molecule has 2 rings (SSSR count). The molecule has 2 heterocycles. The lowest BCUT2D eigenvalue weighted by Crippen LogP contribution is -2.28. The Kier molecular flexibility index (Phi) is 2.44. The van der Waals surface area contributed by atoms with Crippen molar-refractivity contribution < 1.29 is 4.84 Å². The first-order valence-electron chi connectivity index (χ1n) is 4.42. The molecule has 2 aliphatic heterocycles. The molecule has 1 atom stereocenters. The number of hydrogen-bond donors (Lipinski definition) is 1. The summed E-state index contributed by atoms with van der Waals surface area (Å²) in [6.45, 7) is 2.93. The summed E-state index contributed by atoms with van der Waals surface area (Å²) in [5.74, 6) is 0. The quantitative estimate of drug-likeness (QED) is 0.652. The van der Waals surface area contributed by atoms with E-state index in [4.69, 9.17) is 4.84 Å². The molecule has 3 heteroatoms. The van der Waals surface area contributed by atoms with Gasteiger partial charge in [0, 0.05) is 12.7 Å². The van der Waals surface area contributed by atoms with Crippen LogP contribution >= 0.6 is 0 Å². The van der Waals surface area contributed by atoms with E-state index in [1.807, 2.05) is 23.4 Å². The molecule has 1 unspecified atom stereocenters. The molecule has 2 aliphatic rings. The first kappa shape index (κ1) is 7.83. The minimum atomic E-state index is 0.362. The van der Waals surface area contributed by atoms with Gasteiger partial charge in [0.2, 0.25) is 0 Å². The summed E-state index contributed by atoms with van der Waals surface area (Å²) in [6.07, 6.45) is 9.56. The highest BCUT2D eigenvalue weighted by Crippen LogP contribution is 2.08. The summed E-state index contributed by atoms with van der Waals surface area (Å²) in [5.41, 5.74) is 0. The van der Waals surface area contributed by atoms with Gasteiger partial charge in [-0.05, 0) is 19.0 Å². The number of hydrogen-bond acceptors (Lipinski definition) is 3. The summed E-state index contributed by atoms with van der Waals surface area (Å²) < 4.78 is 0. The molecule has 0 aromatic heterocycles. The van der Waals surface area contributed by atoms with E-state index in [1.54, 1.807) is 0 Å². The highest BCUT2D eigenvalue weighted by atomic mass is 16.7. The van der Waals surface area contributed by atoms with E-state index in [9.17, 15) is 0 Å². The van der Waals surface area contributed by atoms with Gasteiger partial charge in [-0.3, -0.25) is 9.90 Å². The molecule has 12 heavy (non-hydrogen) atoms. The van der Waals surface area contributed by atoms with Crippen molar-refractivity contribution in [3.8, 4) is 0 Å². The smallest absolute Gasteiger partial charge is 0.0992 e. The van der Waals surface area contributed by atoms with Crippen molar-refractivity contribution in [2.45, 2.75) is 12.5 Å². The van der Waals surface area contributed by atoms with Crippen molar-refractivity contribution in [1.82, 2.24) is 10.4 Å². The Hall–Kier alpha value is -0.800. The van der Waals surface area contributed by atoms with Crippen LogP contribution in [0.4, 0.5) is 0 Å². The monoisotopic (exact) mass is 166 g/mol. The van der Waals surface area contributed by atoms with Crippen LogP contribution < -0.4 is 5.32 Å². The molecule has 0 aromatic carbocycles. The third kappa shape index (κ3) is 1.87. The summed E-state index contributed by atoms with van der Waals surface area (Å²) >= 11 is 0. The Labute approximate surface area is 72.6 Å². The summed E-state index contributed by atoms with van der Waals surface area (Å²) in [7, 11) is 0. The SMILES string of the molecule is C1=CCN(OC2CCNC2)C=C1. The third-order valence-corrected chi connectivity index (χ3v) is 2.08. The molecule has 1 saturated heterocycles. The average Bonchev–Trinajstić information content (AvgIpc) is 2.59. The van der Waals surface area contributed by atoms with Crippen LogP contribution in [0.1, 0.15) is 6.42 Å². The second-order valence-corrected chi connectivity index (χ2v) is 3.09. The molecule has 1 N–H and O–H groups in total. The molecular weight excluding hydrogens is 152 g/mol. The maximum absolute atomic E-state index is 5.68. The number of nitrogens with one attached hydrogen (secondary N) is 1. The lowest BCUT2D eigenvalue weighted by atomic mass is 10.3. The minimum absolute atomic E-state index is 0.362. The van der Waals surface area contributed by atoms with Gasteiger partial charge in [-0.1, -0.05) is 12.2 Å². The standard InChI is InChI=1S/C9H14N2O/c1-2-6-11(7-3-1)12-9-4-5-10-8-9/h1-3,6,9-10H,4-5,7-8H2. The molecular formula is C9H14N2O.